The van der Waals surface area contributed by atoms with Gasteiger partial charge in [0.25, 0.3) is 5.91 Å². The Balaban J connectivity index is 2.99. The maximum Gasteiger partial charge on any atom is 0.265 e. The highest BCUT2D eigenvalue weighted by Gasteiger charge is 2.23. The lowest BCUT2D eigenvalue weighted by Crippen LogP contribution is -2.40. The lowest BCUT2D eigenvalue weighted by Gasteiger charge is -2.18. The highest BCUT2D eigenvalue weighted by molar-refractivity contribution is 7.89. The molecule has 0 aliphatic carbocycles. The zero-order valence-electron chi connectivity index (χ0n) is 12.0. The summed E-state index contributed by atoms with van der Waals surface area (Å²) in [6.07, 6.45) is 2.00. The Bertz CT molecular complexity index is 578. The van der Waals surface area contributed by atoms with Crippen LogP contribution in [0.2, 0.25) is 0 Å². The van der Waals surface area contributed by atoms with Crippen molar-refractivity contribution in [2.24, 2.45) is 24.4 Å². The number of nitrogens with zero attached hydrogens (tertiary/aromatic N) is 1. The van der Waals surface area contributed by atoms with E-state index in [1.54, 1.807) is 7.05 Å². The van der Waals surface area contributed by atoms with Gasteiger partial charge in [0, 0.05) is 25.8 Å². The molecule has 0 aliphatic rings. The van der Waals surface area contributed by atoms with Gasteiger partial charge in [0.15, 0.2) is 0 Å². The van der Waals surface area contributed by atoms with Gasteiger partial charge in [-0.15, -0.1) is 0 Å². The van der Waals surface area contributed by atoms with Crippen LogP contribution >= 0.6 is 0 Å². The molecule has 0 bridgehead atoms. The monoisotopic (exact) mass is 302 g/mol. The van der Waals surface area contributed by atoms with Gasteiger partial charge in [-0.2, -0.15) is 0 Å². The van der Waals surface area contributed by atoms with Gasteiger partial charge in [0.05, 0.1) is 0 Å². The minimum atomic E-state index is -3.71. The van der Waals surface area contributed by atoms with Crippen LogP contribution in [0.15, 0.2) is 17.2 Å². The fourth-order valence-electron chi connectivity index (χ4n) is 1.98. The number of hydrogen-bond donors (Lipinski definition) is 3. The van der Waals surface area contributed by atoms with E-state index in [4.69, 9.17) is 11.5 Å². The van der Waals surface area contributed by atoms with Gasteiger partial charge in [0.2, 0.25) is 10.0 Å². The first-order chi connectivity index (χ1) is 9.17. The van der Waals surface area contributed by atoms with Crippen LogP contribution in [-0.4, -0.2) is 31.5 Å². The third kappa shape index (κ3) is 4.06. The van der Waals surface area contributed by atoms with Gasteiger partial charge in [-0.1, -0.05) is 13.8 Å². The van der Waals surface area contributed by atoms with Gasteiger partial charge < -0.3 is 16.0 Å². The molecule has 0 aliphatic heterocycles. The maximum absolute atomic E-state index is 12.2. The van der Waals surface area contributed by atoms with Crippen LogP contribution in [0.3, 0.4) is 0 Å². The zero-order chi connectivity index (χ0) is 15.5. The van der Waals surface area contributed by atoms with E-state index in [1.165, 1.54) is 16.8 Å². The highest BCUT2D eigenvalue weighted by atomic mass is 32.2. The third-order valence-corrected chi connectivity index (χ3v) is 4.39. The standard InChI is InChI=1S/C12H22N4O3S/c1-8(2)4-9(6-13)15-20(18,19)10-5-11(12(14)17)16(3)7-10/h5,7-9,15H,4,6,13H2,1-3H3,(H2,14,17). The molecule has 0 spiro atoms. The number of aryl methyl sites for hydroxylation is 1. The predicted molar refractivity (Wildman–Crippen MR) is 76.5 cm³/mol. The summed E-state index contributed by atoms with van der Waals surface area (Å²) in [4.78, 5) is 11.2. The van der Waals surface area contributed by atoms with Crippen molar-refractivity contribution in [3.05, 3.63) is 18.0 Å². The van der Waals surface area contributed by atoms with Crippen molar-refractivity contribution >= 4 is 15.9 Å². The summed E-state index contributed by atoms with van der Waals surface area (Å²) in [6.45, 7) is 4.20. The number of rotatable bonds is 7. The highest BCUT2D eigenvalue weighted by Crippen LogP contribution is 2.15. The van der Waals surface area contributed by atoms with Crippen molar-refractivity contribution in [3.63, 3.8) is 0 Å². The van der Waals surface area contributed by atoms with Crippen molar-refractivity contribution in [1.29, 1.82) is 0 Å². The molecule has 0 saturated carbocycles. The molecule has 20 heavy (non-hydrogen) atoms. The van der Waals surface area contributed by atoms with Crippen molar-refractivity contribution in [2.45, 2.75) is 31.2 Å². The van der Waals surface area contributed by atoms with E-state index >= 15 is 0 Å². The van der Waals surface area contributed by atoms with Crippen LogP contribution in [-0.2, 0) is 17.1 Å². The molecule has 1 amide bonds. The summed E-state index contributed by atoms with van der Waals surface area (Å²) in [5.41, 5.74) is 10.9. The average molecular weight is 302 g/mol. The first-order valence-corrected chi connectivity index (χ1v) is 7.84. The number of nitrogens with two attached hydrogens (primary N) is 2. The minimum Gasteiger partial charge on any atom is -0.364 e. The summed E-state index contributed by atoms with van der Waals surface area (Å²) in [5.74, 6) is -0.352. The van der Waals surface area contributed by atoms with Gasteiger partial charge >= 0.3 is 0 Å². The molecule has 0 radical (unpaired) electrons. The molecule has 0 saturated heterocycles. The Morgan fingerprint density at radius 2 is 2.05 bits per heavy atom. The number of aromatic nitrogens is 1. The predicted octanol–water partition coefficient (Wildman–Crippen LogP) is -0.224. The molecule has 1 aromatic heterocycles. The second-order valence-corrected chi connectivity index (χ2v) is 6.93. The SMILES string of the molecule is CC(C)CC(CN)NS(=O)(=O)c1cc(C(N)=O)n(C)c1. The number of hydrogen-bond acceptors (Lipinski definition) is 4. The number of sulfonamides is 1. The summed E-state index contributed by atoms with van der Waals surface area (Å²) in [5, 5.41) is 0. The number of primary amides is 1. The van der Waals surface area contributed by atoms with E-state index in [0.29, 0.717) is 12.3 Å². The second kappa shape index (κ2) is 6.38. The van der Waals surface area contributed by atoms with Crippen LogP contribution in [0.5, 0.6) is 0 Å². The first kappa shape index (κ1) is 16.7. The second-order valence-electron chi connectivity index (χ2n) is 5.22. The van der Waals surface area contributed by atoms with E-state index in [-0.39, 0.29) is 23.2 Å². The minimum absolute atomic E-state index is 0.0102. The zero-order valence-corrected chi connectivity index (χ0v) is 12.8. The number of nitrogens with one attached hydrogen (secondary N) is 1. The summed E-state index contributed by atoms with van der Waals surface area (Å²) >= 11 is 0. The first-order valence-electron chi connectivity index (χ1n) is 6.36. The van der Waals surface area contributed by atoms with Gasteiger partial charge in [-0.3, -0.25) is 4.79 Å². The topological polar surface area (TPSA) is 120 Å². The van der Waals surface area contributed by atoms with Gasteiger partial charge in [-0.05, 0) is 18.4 Å². The smallest absolute Gasteiger partial charge is 0.265 e. The molecule has 0 fully saturated rings. The summed E-state index contributed by atoms with van der Waals surface area (Å²) in [7, 11) is -2.15. The van der Waals surface area contributed by atoms with Crippen LogP contribution < -0.4 is 16.2 Å². The van der Waals surface area contributed by atoms with E-state index in [9.17, 15) is 13.2 Å². The number of carbonyl (C=O) groups is 1. The summed E-state index contributed by atoms with van der Waals surface area (Å²) in [6, 6.07) is 0.922. The molecule has 8 heteroatoms. The summed E-state index contributed by atoms with van der Waals surface area (Å²) < 4.78 is 28.4. The number of amides is 1. The molecule has 1 heterocycles. The lowest BCUT2D eigenvalue weighted by atomic mass is 10.1. The third-order valence-electron chi connectivity index (χ3n) is 2.90. The van der Waals surface area contributed by atoms with Crippen LogP contribution in [0, 0.1) is 5.92 Å². The van der Waals surface area contributed by atoms with Gasteiger partial charge in [-0.25, -0.2) is 13.1 Å². The fourth-order valence-corrected chi connectivity index (χ4v) is 3.31. The molecule has 5 N–H and O–H groups in total. The van der Waals surface area contributed by atoms with E-state index in [1.807, 2.05) is 13.8 Å². The van der Waals surface area contributed by atoms with Crippen molar-refractivity contribution in [1.82, 2.24) is 9.29 Å². The van der Waals surface area contributed by atoms with E-state index in [0.717, 1.165) is 0 Å². The molecule has 1 aromatic rings. The lowest BCUT2D eigenvalue weighted by molar-refractivity contribution is 0.0992. The largest absolute Gasteiger partial charge is 0.364 e. The molecule has 114 valence electrons. The number of carbonyl (C=O) groups excluding carboxylic acids is 1. The molecular formula is C12H22N4O3S. The van der Waals surface area contributed by atoms with E-state index < -0.39 is 15.9 Å². The van der Waals surface area contributed by atoms with E-state index in [2.05, 4.69) is 4.72 Å². The van der Waals surface area contributed by atoms with Crippen LogP contribution in [0.4, 0.5) is 0 Å². The van der Waals surface area contributed by atoms with Gasteiger partial charge in [0.1, 0.15) is 10.6 Å². The van der Waals surface area contributed by atoms with Crippen molar-refractivity contribution < 1.29 is 13.2 Å². The molecule has 1 unspecified atom stereocenters. The Morgan fingerprint density at radius 3 is 2.45 bits per heavy atom. The average Bonchev–Trinajstić information content (AvgIpc) is 2.70. The molecule has 1 atom stereocenters. The fraction of sp³-hybridized carbons (Fsp3) is 0.583. The normalized spacial score (nSPS) is 13.7. The quantitative estimate of drug-likeness (QED) is 0.644. The molecule has 7 nitrogen and oxygen atoms in total. The van der Waals surface area contributed by atoms with Crippen molar-refractivity contribution in [2.75, 3.05) is 6.54 Å². The Labute approximate surface area is 119 Å². The Hall–Kier alpha value is -1.38. The van der Waals surface area contributed by atoms with Crippen molar-refractivity contribution in [3.8, 4) is 0 Å². The van der Waals surface area contributed by atoms with Crippen LogP contribution in [0.1, 0.15) is 30.8 Å². The molecular weight excluding hydrogens is 280 g/mol. The Morgan fingerprint density at radius 1 is 1.45 bits per heavy atom. The Kier molecular flexibility index (Phi) is 5.32. The molecule has 1 rings (SSSR count). The van der Waals surface area contributed by atoms with Crippen LogP contribution in [0.25, 0.3) is 0 Å². The maximum atomic E-state index is 12.2. The molecule has 0 aromatic carbocycles.